The van der Waals surface area contributed by atoms with Crippen LogP contribution in [0.1, 0.15) is 28.8 Å². The van der Waals surface area contributed by atoms with Gasteiger partial charge >= 0.3 is 0 Å². The van der Waals surface area contributed by atoms with Crippen molar-refractivity contribution < 1.29 is 4.79 Å². The van der Waals surface area contributed by atoms with E-state index >= 15 is 0 Å². The molecular formula is C13H9BrO. The summed E-state index contributed by atoms with van der Waals surface area (Å²) < 4.78 is 1.02. The van der Waals surface area contributed by atoms with Gasteiger partial charge in [0.2, 0.25) is 0 Å². The highest BCUT2D eigenvalue weighted by Crippen LogP contribution is 2.41. The predicted octanol–water partition coefficient (Wildman–Crippen LogP) is 3.75. The van der Waals surface area contributed by atoms with Crippen molar-refractivity contribution in [3.8, 4) is 0 Å². The molecule has 1 aromatic rings. The van der Waals surface area contributed by atoms with Crippen LogP contribution in [0.15, 0.2) is 40.4 Å². The maximum absolute atomic E-state index is 12.1. The largest absolute Gasteiger partial charge is 0.289 e. The van der Waals surface area contributed by atoms with Crippen LogP contribution in [0.3, 0.4) is 0 Å². The zero-order valence-electron chi connectivity index (χ0n) is 8.09. The molecule has 0 saturated heterocycles. The summed E-state index contributed by atoms with van der Waals surface area (Å²) in [6, 6.07) is 5.82. The summed E-state index contributed by atoms with van der Waals surface area (Å²) in [6.45, 7) is 0. The number of allylic oxidation sites excluding steroid dienone is 4. The average molecular weight is 261 g/mol. The Morgan fingerprint density at radius 2 is 2.13 bits per heavy atom. The van der Waals surface area contributed by atoms with Crippen molar-refractivity contribution in [2.45, 2.75) is 12.8 Å². The highest BCUT2D eigenvalue weighted by molar-refractivity contribution is 9.10. The summed E-state index contributed by atoms with van der Waals surface area (Å²) in [7, 11) is 0. The molecule has 0 aliphatic heterocycles. The molecule has 0 radical (unpaired) electrons. The smallest absolute Gasteiger partial charge is 0.190 e. The Morgan fingerprint density at radius 3 is 3.00 bits per heavy atom. The Balaban J connectivity index is 2.32. The summed E-state index contributed by atoms with van der Waals surface area (Å²) in [6.07, 6.45) is 6.08. The SMILES string of the molecule is O=C1C2=C(C=CCC2)c2c(Br)cccc21. The van der Waals surface area contributed by atoms with Crippen molar-refractivity contribution in [2.24, 2.45) is 0 Å². The molecule has 0 bridgehead atoms. The van der Waals surface area contributed by atoms with Crippen LogP contribution in [0.4, 0.5) is 0 Å². The molecule has 0 saturated carbocycles. The zero-order chi connectivity index (χ0) is 10.4. The summed E-state index contributed by atoms with van der Waals surface area (Å²) in [5.74, 6) is 0.214. The van der Waals surface area contributed by atoms with E-state index in [1.807, 2.05) is 18.2 Å². The van der Waals surface area contributed by atoms with Crippen LogP contribution in [-0.4, -0.2) is 5.78 Å². The van der Waals surface area contributed by atoms with Gasteiger partial charge in [-0.15, -0.1) is 0 Å². The number of carbonyl (C=O) groups is 1. The number of Topliss-reactive ketones (excluding diaryl/α,β-unsaturated/α-hetero) is 1. The average Bonchev–Trinajstić information content (AvgIpc) is 2.55. The van der Waals surface area contributed by atoms with E-state index in [2.05, 4.69) is 28.1 Å². The van der Waals surface area contributed by atoms with Crippen LogP contribution in [0.25, 0.3) is 5.57 Å². The first-order chi connectivity index (χ1) is 7.29. The van der Waals surface area contributed by atoms with Gasteiger partial charge in [-0.05, 0) is 24.5 Å². The van der Waals surface area contributed by atoms with Gasteiger partial charge in [-0.1, -0.05) is 40.2 Å². The molecule has 15 heavy (non-hydrogen) atoms. The number of hydrogen-bond donors (Lipinski definition) is 0. The summed E-state index contributed by atoms with van der Waals surface area (Å²) in [5, 5.41) is 0. The normalized spacial score (nSPS) is 18.1. The number of rotatable bonds is 0. The van der Waals surface area contributed by atoms with Crippen LogP contribution < -0.4 is 0 Å². The van der Waals surface area contributed by atoms with Crippen LogP contribution in [0.2, 0.25) is 0 Å². The van der Waals surface area contributed by atoms with E-state index in [-0.39, 0.29) is 5.78 Å². The predicted molar refractivity (Wildman–Crippen MR) is 63.8 cm³/mol. The van der Waals surface area contributed by atoms with Gasteiger partial charge in [-0.2, -0.15) is 0 Å². The molecule has 2 aliphatic rings. The second-order valence-corrected chi connectivity index (χ2v) is 4.68. The quantitative estimate of drug-likeness (QED) is 0.695. The maximum Gasteiger partial charge on any atom is 0.190 e. The molecule has 0 aromatic heterocycles. The van der Waals surface area contributed by atoms with E-state index in [0.29, 0.717) is 0 Å². The molecule has 0 unspecified atom stereocenters. The number of benzene rings is 1. The van der Waals surface area contributed by atoms with E-state index in [4.69, 9.17) is 0 Å². The number of carbonyl (C=O) groups excluding carboxylic acids is 1. The van der Waals surface area contributed by atoms with Gasteiger partial charge in [0.15, 0.2) is 5.78 Å². The zero-order valence-corrected chi connectivity index (χ0v) is 9.67. The van der Waals surface area contributed by atoms with Gasteiger partial charge in [0.05, 0.1) is 0 Å². The third-order valence-electron chi connectivity index (χ3n) is 2.97. The van der Waals surface area contributed by atoms with Crippen molar-refractivity contribution in [3.05, 3.63) is 51.5 Å². The van der Waals surface area contributed by atoms with Crippen LogP contribution in [0.5, 0.6) is 0 Å². The standard InChI is InChI=1S/C13H9BrO/c14-11-7-3-6-10-12(11)8-4-1-2-5-9(8)13(10)15/h1,3-4,6-7H,2,5H2. The van der Waals surface area contributed by atoms with Crippen molar-refractivity contribution in [3.63, 3.8) is 0 Å². The van der Waals surface area contributed by atoms with Crippen molar-refractivity contribution in [1.29, 1.82) is 0 Å². The van der Waals surface area contributed by atoms with Gasteiger partial charge in [0.25, 0.3) is 0 Å². The summed E-state index contributed by atoms with van der Waals surface area (Å²) in [5.41, 5.74) is 4.03. The molecule has 0 N–H and O–H groups in total. The Kier molecular flexibility index (Phi) is 1.93. The van der Waals surface area contributed by atoms with Gasteiger partial charge in [-0.25, -0.2) is 0 Å². The molecule has 0 atom stereocenters. The number of fused-ring (bicyclic) bond motifs is 2. The second kappa shape index (κ2) is 3.17. The fourth-order valence-corrected chi connectivity index (χ4v) is 2.86. The Labute approximate surface area is 96.6 Å². The first kappa shape index (κ1) is 9.10. The molecule has 1 nitrogen and oxygen atoms in total. The highest BCUT2D eigenvalue weighted by Gasteiger charge is 2.30. The van der Waals surface area contributed by atoms with Crippen LogP contribution in [0, 0.1) is 0 Å². The lowest BCUT2D eigenvalue weighted by Crippen LogP contribution is -1.99. The highest BCUT2D eigenvalue weighted by atomic mass is 79.9. The molecule has 2 heteroatoms. The summed E-state index contributed by atoms with van der Waals surface area (Å²) >= 11 is 3.52. The Bertz CT molecular complexity index is 523. The third-order valence-corrected chi connectivity index (χ3v) is 3.63. The van der Waals surface area contributed by atoms with Crippen molar-refractivity contribution >= 4 is 27.3 Å². The molecule has 0 fully saturated rings. The van der Waals surface area contributed by atoms with Crippen molar-refractivity contribution in [1.82, 2.24) is 0 Å². The van der Waals surface area contributed by atoms with E-state index in [0.717, 1.165) is 39.6 Å². The Morgan fingerprint density at radius 1 is 1.27 bits per heavy atom. The lowest BCUT2D eigenvalue weighted by Gasteiger charge is -2.07. The van der Waals surface area contributed by atoms with Gasteiger partial charge < -0.3 is 0 Å². The molecule has 1 aromatic carbocycles. The van der Waals surface area contributed by atoms with E-state index in [1.165, 1.54) is 0 Å². The van der Waals surface area contributed by atoms with Crippen LogP contribution >= 0.6 is 15.9 Å². The number of ketones is 1. The second-order valence-electron chi connectivity index (χ2n) is 3.82. The van der Waals surface area contributed by atoms with E-state index < -0.39 is 0 Å². The maximum atomic E-state index is 12.1. The minimum Gasteiger partial charge on any atom is -0.289 e. The van der Waals surface area contributed by atoms with Gasteiger partial charge in [-0.3, -0.25) is 4.79 Å². The van der Waals surface area contributed by atoms with Crippen LogP contribution in [-0.2, 0) is 0 Å². The monoisotopic (exact) mass is 260 g/mol. The number of halogens is 1. The molecule has 0 amide bonds. The lowest BCUT2D eigenvalue weighted by atomic mass is 9.98. The Hall–Kier alpha value is -1.15. The lowest BCUT2D eigenvalue weighted by molar-refractivity contribution is 0.103. The molecule has 0 spiro atoms. The third kappa shape index (κ3) is 1.18. The molecule has 0 heterocycles. The fourth-order valence-electron chi connectivity index (χ4n) is 2.28. The first-order valence-electron chi connectivity index (χ1n) is 5.02. The van der Waals surface area contributed by atoms with E-state index in [9.17, 15) is 4.79 Å². The van der Waals surface area contributed by atoms with Gasteiger partial charge in [0, 0.05) is 21.2 Å². The first-order valence-corrected chi connectivity index (χ1v) is 5.81. The minimum atomic E-state index is 0.214. The number of hydrogen-bond acceptors (Lipinski definition) is 1. The minimum absolute atomic E-state index is 0.214. The van der Waals surface area contributed by atoms with Crippen molar-refractivity contribution in [2.75, 3.05) is 0 Å². The molecule has 3 rings (SSSR count). The topological polar surface area (TPSA) is 17.1 Å². The molecule has 2 aliphatic carbocycles. The molecular weight excluding hydrogens is 252 g/mol. The molecule has 74 valence electrons. The summed E-state index contributed by atoms with van der Waals surface area (Å²) in [4.78, 5) is 12.1. The van der Waals surface area contributed by atoms with Gasteiger partial charge in [0.1, 0.15) is 0 Å². The fraction of sp³-hybridized carbons (Fsp3) is 0.154. The van der Waals surface area contributed by atoms with E-state index in [1.54, 1.807) is 0 Å².